The van der Waals surface area contributed by atoms with Gasteiger partial charge in [-0.05, 0) is 43.0 Å². The molecule has 4 rings (SSSR count). The van der Waals surface area contributed by atoms with Crippen molar-refractivity contribution in [1.29, 1.82) is 0 Å². The van der Waals surface area contributed by atoms with Crippen LogP contribution in [-0.4, -0.2) is 34.5 Å². The Hall–Kier alpha value is -2.59. The predicted molar refractivity (Wildman–Crippen MR) is 124 cm³/mol. The quantitative estimate of drug-likeness (QED) is 0.546. The highest BCUT2D eigenvalue weighted by Gasteiger charge is 2.21. The SMILES string of the molecule is Cl.[C-]#[N+]c1ccc2c(N3CCC(O)CC3)nnc(NCc3ccc(C)c(Cl)c3)c2c1. The van der Waals surface area contributed by atoms with Crippen LogP contribution in [0.5, 0.6) is 0 Å². The minimum absolute atomic E-state index is 0. The molecule has 6 nitrogen and oxygen atoms in total. The van der Waals surface area contributed by atoms with Gasteiger partial charge in [-0.3, -0.25) is 0 Å². The van der Waals surface area contributed by atoms with Gasteiger partial charge in [0.05, 0.1) is 12.7 Å². The molecule has 1 aliphatic rings. The summed E-state index contributed by atoms with van der Waals surface area (Å²) >= 11 is 6.23. The summed E-state index contributed by atoms with van der Waals surface area (Å²) in [5.74, 6) is 1.44. The van der Waals surface area contributed by atoms with Crippen LogP contribution in [0.15, 0.2) is 36.4 Å². The molecule has 0 saturated carbocycles. The zero-order chi connectivity index (χ0) is 20.4. The van der Waals surface area contributed by atoms with Gasteiger partial charge < -0.3 is 15.3 Å². The Bertz CT molecular complexity index is 1090. The molecule has 1 fully saturated rings. The molecule has 0 amide bonds. The van der Waals surface area contributed by atoms with E-state index in [2.05, 4.69) is 25.3 Å². The molecule has 2 N–H and O–H groups in total. The lowest BCUT2D eigenvalue weighted by atomic mass is 10.1. The summed E-state index contributed by atoms with van der Waals surface area (Å²) < 4.78 is 0. The third-order valence-corrected chi connectivity index (χ3v) is 5.74. The number of fused-ring (bicyclic) bond motifs is 1. The maximum atomic E-state index is 9.80. The van der Waals surface area contributed by atoms with Gasteiger partial charge in [0.15, 0.2) is 17.3 Å². The zero-order valence-electron chi connectivity index (χ0n) is 16.6. The van der Waals surface area contributed by atoms with Crippen molar-refractivity contribution in [3.05, 3.63) is 64.0 Å². The second-order valence-electron chi connectivity index (χ2n) is 7.37. The lowest BCUT2D eigenvalue weighted by Crippen LogP contribution is -2.36. The zero-order valence-corrected chi connectivity index (χ0v) is 18.2. The molecule has 3 aromatic rings. The maximum absolute atomic E-state index is 9.80. The third kappa shape index (κ3) is 4.59. The van der Waals surface area contributed by atoms with Gasteiger partial charge in [0.2, 0.25) is 0 Å². The molecule has 0 aliphatic carbocycles. The van der Waals surface area contributed by atoms with E-state index in [9.17, 15) is 5.11 Å². The number of hydrogen-bond donors (Lipinski definition) is 2. The first-order chi connectivity index (χ1) is 14.0. The Balaban J connectivity index is 0.00000256. The van der Waals surface area contributed by atoms with Crippen LogP contribution in [0, 0.1) is 13.5 Å². The Morgan fingerprint density at radius 3 is 2.63 bits per heavy atom. The standard InChI is InChI=1S/C22H22ClN5O.ClH/c1-14-3-4-15(11-20(14)23)13-25-21-19-12-16(24-2)5-6-18(19)22(27-26-21)28-9-7-17(29)8-10-28;/h3-6,11-12,17,29H,7-10,13H2,1H3,(H,25,26);1H. The molecule has 2 aromatic carbocycles. The minimum Gasteiger partial charge on any atom is -0.393 e. The molecule has 1 aromatic heterocycles. The van der Waals surface area contributed by atoms with Gasteiger partial charge in [-0.15, -0.1) is 22.6 Å². The molecular weight excluding hydrogens is 421 g/mol. The van der Waals surface area contributed by atoms with Crippen LogP contribution >= 0.6 is 24.0 Å². The lowest BCUT2D eigenvalue weighted by Gasteiger charge is -2.31. The maximum Gasteiger partial charge on any atom is 0.188 e. The Morgan fingerprint density at radius 1 is 1.17 bits per heavy atom. The van der Waals surface area contributed by atoms with Crippen molar-refractivity contribution in [2.45, 2.75) is 32.4 Å². The number of aromatic nitrogens is 2. The lowest BCUT2D eigenvalue weighted by molar-refractivity contribution is 0.145. The average molecular weight is 444 g/mol. The van der Waals surface area contributed by atoms with Crippen molar-refractivity contribution in [3.8, 4) is 0 Å². The molecule has 30 heavy (non-hydrogen) atoms. The number of nitrogens with zero attached hydrogens (tertiary/aromatic N) is 4. The second-order valence-corrected chi connectivity index (χ2v) is 7.78. The fourth-order valence-corrected chi connectivity index (χ4v) is 3.77. The van der Waals surface area contributed by atoms with E-state index in [4.69, 9.17) is 18.2 Å². The fourth-order valence-electron chi connectivity index (χ4n) is 3.57. The second kappa shape index (κ2) is 9.48. The van der Waals surface area contributed by atoms with Gasteiger partial charge in [0.1, 0.15) is 0 Å². The Morgan fingerprint density at radius 2 is 1.93 bits per heavy atom. The van der Waals surface area contributed by atoms with Gasteiger partial charge in [-0.1, -0.05) is 35.9 Å². The number of nitrogens with one attached hydrogen (secondary N) is 1. The van der Waals surface area contributed by atoms with Crippen LogP contribution in [-0.2, 0) is 6.54 Å². The first-order valence-electron chi connectivity index (χ1n) is 9.65. The molecule has 1 saturated heterocycles. The van der Waals surface area contributed by atoms with E-state index in [1.54, 1.807) is 0 Å². The number of piperidine rings is 1. The highest BCUT2D eigenvalue weighted by Crippen LogP contribution is 2.33. The molecular formula is C22H23Cl2N5O. The topological polar surface area (TPSA) is 65.6 Å². The van der Waals surface area contributed by atoms with Crippen LogP contribution < -0.4 is 10.2 Å². The summed E-state index contributed by atoms with van der Waals surface area (Å²) in [5, 5.41) is 24.6. The first kappa shape index (κ1) is 22.1. The highest BCUT2D eigenvalue weighted by molar-refractivity contribution is 6.31. The summed E-state index contributed by atoms with van der Waals surface area (Å²) in [6, 6.07) is 11.6. The van der Waals surface area contributed by atoms with Gasteiger partial charge in [-0.2, -0.15) is 0 Å². The minimum atomic E-state index is -0.249. The van der Waals surface area contributed by atoms with E-state index in [1.165, 1.54) is 0 Å². The molecule has 0 bridgehead atoms. The number of rotatable bonds is 4. The normalized spacial score (nSPS) is 14.3. The molecule has 8 heteroatoms. The van der Waals surface area contributed by atoms with E-state index in [0.717, 1.165) is 58.7 Å². The predicted octanol–water partition coefficient (Wildman–Crippen LogP) is 5.14. The number of benzene rings is 2. The van der Waals surface area contributed by atoms with E-state index in [0.29, 0.717) is 18.1 Å². The van der Waals surface area contributed by atoms with Gasteiger partial charge in [-0.25, -0.2) is 4.85 Å². The van der Waals surface area contributed by atoms with E-state index in [1.807, 2.05) is 43.3 Å². The Labute approximate surface area is 187 Å². The summed E-state index contributed by atoms with van der Waals surface area (Å²) in [6.45, 7) is 11.4. The van der Waals surface area contributed by atoms with Crippen molar-refractivity contribution in [2.75, 3.05) is 23.3 Å². The van der Waals surface area contributed by atoms with Crippen molar-refractivity contribution >= 4 is 52.1 Å². The smallest absolute Gasteiger partial charge is 0.188 e. The van der Waals surface area contributed by atoms with Gasteiger partial charge in [0.25, 0.3) is 0 Å². The van der Waals surface area contributed by atoms with Crippen LogP contribution in [0.2, 0.25) is 5.02 Å². The highest BCUT2D eigenvalue weighted by atomic mass is 35.5. The van der Waals surface area contributed by atoms with Crippen LogP contribution in [0.4, 0.5) is 17.3 Å². The first-order valence-corrected chi connectivity index (χ1v) is 10.0. The van der Waals surface area contributed by atoms with E-state index < -0.39 is 0 Å². The van der Waals surface area contributed by atoms with Crippen LogP contribution in [0.3, 0.4) is 0 Å². The number of anilines is 2. The summed E-state index contributed by atoms with van der Waals surface area (Å²) in [4.78, 5) is 5.72. The van der Waals surface area contributed by atoms with Crippen molar-refractivity contribution in [3.63, 3.8) is 0 Å². The number of aliphatic hydroxyl groups excluding tert-OH is 1. The summed E-state index contributed by atoms with van der Waals surface area (Å²) in [7, 11) is 0. The van der Waals surface area contributed by atoms with E-state index >= 15 is 0 Å². The largest absolute Gasteiger partial charge is 0.393 e. The molecule has 0 spiro atoms. The van der Waals surface area contributed by atoms with Crippen molar-refractivity contribution in [2.24, 2.45) is 0 Å². The van der Waals surface area contributed by atoms with Crippen LogP contribution in [0.25, 0.3) is 15.6 Å². The third-order valence-electron chi connectivity index (χ3n) is 5.33. The van der Waals surface area contributed by atoms with E-state index in [-0.39, 0.29) is 18.5 Å². The number of halogens is 2. The number of hydrogen-bond acceptors (Lipinski definition) is 5. The Kier molecular flexibility index (Phi) is 6.99. The molecule has 0 unspecified atom stereocenters. The van der Waals surface area contributed by atoms with Crippen molar-refractivity contribution < 1.29 is 5.11 Å². The van der Waals surface area contributed by atoms with Crippen molar-refractivity contribution in [1.82, 2.24) is 10.2 Å². The van der Waals surface area contributed by atoms with Crippen LogP contribution in [0.1, 0.15) is 24.0 Å². The monoisotopic (exact) mass is 443 g/mol. The number of aliphatic hydroxyl groups is 1. The fraction of sp³-hybridized carbons (Fsp3) is 0.318. The molecule has 1 aliphatic heterocycles. The molecule has 156 valence electrons. The molecule has 2 heterocycles. The number of aryl methyl sites for hydroxylation is 1. The molecule has 0 atom stereocenters. The van der Waals surface area contributed by atoms with Gasteiger partial charge >= 0.3 is 0 Å². The van der Waals surface area contributed by atoms with Gasteiger partial charge in [0, 0.05) is 35.4 Å². The summed E-state index contributed by atoms with van der Waals surface area (Å²) in [6.07, 6.45) is 1.19. The summed E-state index contributed by atoms with van der Waals surface area (Å²) in [5.41, 5.74) is 2.65. The average Bonchev–Trinajstić information content (AvgIpc) is 2.74. The molecule has 0 radical (unpaired) electrons.